The van der Waals surface area contributed by atoms with Gasteiger partial charge in [-0.2, -0.15) is 0 Å². The van der Waals surface area contributed by atoms with Crippen molar-refractivity contribution < 1.29 is 48.5 Å². The van der Waals surface area contributed by atoms with Crippen LogP contribution < -0.4 is 0 Å². The normalized spacial score (nSPS) is 16.4. The minimum absolute atomic E-state index is 0.206. The molecule has 11 nitrogen and oxygen atoms in total. The Hall–Kier alpha value is -1.32. The molecule has 0 aliphatic heterocycles. The molecule has 0 rings (SSSR count). The molecule has 0 fully saturated rings. The standard InChI is InChI=1S/C10H17NO10P2/c1-3-7(22(16,17)18)11(8(4-2)23(19,20)21)6(10(14)15)5-9(12)13/h3-4,6-8H,1-2,5H2,(H,12,13)(H,14,15)(H2,16,17,18)(H2,19,20,21). The summed E-state index contributed by atoms with van der Waals surface area (Å²) in [6.07, 6.45) is 0.0134. The number of hydrogen-bond donors (Lipinski definition) is 6. The second-order valence-electron chi connectivity index (χ2n) is 4.38. The zero-order chi connectivity index (χ0) is 18.6. The number of nitrogens with zero attached hydrogens (tertiary/aromatic N) is 1. The van der Waals surface area contributed by atoms with Gasteiger partial charge < -0.3 is 29.8 Å². The van der Waals surface area contributed by atoms with Crippen LogP contribution in [0.4, 0.5) is 0 Å². The first-order valence-electron chi connectivity index (χ1n) is 5.85. The zero-order valence-corrected chi connectivity index (χ0v) is 13.5. The van der Waals surface area contributed by atoms with Gasteiger partial charge in [-0.15, -0.1) is 13.2 Å². The number of carbonyl (C=O) groups is 2. The molecular formula is C10H17NO10P2. The maximum absolute atomic E-state index is 11.5. The Balaban J connectivity index is 6.36. The van der Waals surface area contributed by atoms with Gasteiger partial charge in [-0.1, -0.05) is 12.2 Å². The summed E-state index contributed by atoms with van der Waals surface area (Å²) in [5.41, 5.74) is 0. The van der Waals surface area contributed by atoms with Crippen molar-refractivity contribution in [1.82, 2.24) is 4.90 Å². The zero-order valence-electron chi connectivity index (χ0n) is 11.7. The second kappa shape index (κ2) is 7.98. The molecule has 0 aromatic heterocycles. The highest BCUT2D eigenvalue weighted by molar-refractivity contribution is 7.53. The topological polar surface area (TPSA) is 193 Å². The lowest BCUT2D eigenvalue weighted by Crippen LogP contribution is -2.52. The van der Waals surface area contributed by atoms with Gasteiger partial charge >= 0.3 is 27.1 Å². The summed E-state index contributed by atoms with van der Waals surface area (Å²) < 4.78 is 23.0. The van der Waals surface area contributed by atoms with E-state index in [0.29, 0.717) is 12.2 Å². The molecule has 0 amide bonds. The molecule has 23 heavy (non-hydrogen) atoms. The molecule has 0 saturated heterocycles. The Morgan fingerprint density at radius 1 is 0.957 bits per heavy atom. The number of carboxylic acid groups (broad SMARTS) is 2. The van der Waals surface area contributed by atoms with Crippen LogP contribution in [0.5, 0.6) is 0 Å². The van der Waals surface area contributed by atoms with Crippen molar-refractivity contribution in [3.8, 4) is 0 Å². The molecule has 0 radical (unpaired) electrons. The van der Waals surface area contributed by atoms with E-state index in [2.05, 4.69) is 13.2 Å². The van der Waals surface area contributed by atoms with Crippen LogP contribution in [0.15, 0.2) is 25.3 Å². The molecule has 0 bridgehead atoms. The lowest BCUT2D eigenvalue weighted by Gasteiger charge is -2.38. The molecule has 6 N–H and O–H groups in total. The van der Waals surface area contributed by atoms with Crippen molar-refractivity contribution in [2.24, 2.45) is 0 Å². The first-order chi connectivity index (χ1) is 10.3. The Bertz CT molecular complexity index is 544. The molecule has 0 aromatic carbocycles. The quantitative estimate of drug-likeness (QED) is 0.215. The van der Waals surface area contributed by atoms with Crippen LogP contribution in [0.1, 0.15) is 6.42 Å². The fraction of sp³-hybridized carbons (Fsp3) is 0.400. The van der Waals surface area contributed by atoms with Crippen LogP contribution in [0, 0.1) is 0 Å². The van der Waals surface area contributed by atoms with E-state index in [1.54, 1.807) is 0 Å². The van der Waals surface area contributed by atoms with Crippen molar-refractivity contribution in [2.75, 3.05) is 0 Å². The van der Waals surface area contributed by atoms with E-state index < -0.39 is 51.2 Å². The highest BCUT2D eigenvalue weighted by Crippen LogP contribution is 2.52. The second-order valence-corrected chi connectivity index (χ2v) is 7.79. The van der Waals surface area contributed by atoms with Crippen LogP contribution in [0.2, 0.25) is 0 Å². The van der Waals surface area contributed by atoms with E-state index in [4.69, 9.17) is 10.2 Å². The Morgan fingerprint density at radius 2 is 1.30 bits per heavy atom. The van der Waals surface area contributed by atoms with Crippen molar-refractivity contribution in [3.63, 3.8) is 0 Å². The Kier molecular flexibility index (Phi) is 7.52. The average molecular weight is 373 g/mol. The van der Waals surface area contributed by atoms with Gasteiger partial charge in [0.15, 0.2) is 0 Å². The highest BCUT2D eigenvalue weighted by atomic mass is 31.2. The van der Waals surface area contributed by atoms with Crippen LogP contribution in [0.3, 0.4) is 0 Å². The molecule has 0 aliphatic rings. The van der Waals surface area contributed by atoms with E-state index >= 15 is 0 Å². The fourth-order valence-corrected chi connectivity index (χ4v) is 3.83. The van der Waals surface area contributed by atoms with Gasteiger partial charge in [0, 0.05) is 0 Å². The van der Waals surface area contributed by atoms with Crippen molar-refractivity contribution in [2.45, 2.75) is 24.0 Å². The minimum atomic E-state index is -5.15. The molecule has 13 heteroatoms. The molecular weight excluding hydrogens is 356 g/mol. The van der Waals surface area contributed by atoms with Gasteiger partial charge in [-0.25, -0.2) is 0 Å². The molecule has 3 atom stereocenters. The molecule has 0 aliphatic carbocycles. The Labute approximate surface area is 130 Å². The van der Waals surface area contributed by atoms with Crippen LogP contribution >= 0.6 is 15.2 Å². The van der Waals surface area contributed by atoms with Crippen LogP contribution in [-0.4, -0.2) is 64.2 Å². The highest BCUT2D eigenvalue weighted by Gasteiger charge is 2.47. The van der Waals surface area contributed by atoms with Gasteiger partial charge in [-0.3, -0.25) is 23.6 Å². The summed E-state index contributed by atoms with van der Waals surface area (Å²) in [5, 5.41) is 17.9. The predicted molar refractivity (Wildman–Crippen MR) is 77.6 cm³/mol. The SMILES string of the molecule is C=CC(N(C(CC(=O)O)C(=O)O)C(C=C)P(=O)(O)O)P(=O)(O)O. The third kappa shape index (κ3) is 6.00. The van der Waals surface area contributed by atoms with Gasteiger partial charge in [0.05, 0.1) is 6.42 Å². The number of carboxylic acids is 2. The fourth-order valence-electron chi connectivity index (χ4n) is 1.88. The first-order valence-corrected chi connectivity index (χ1v) is 9.21. The average Bonchev–Trinajstić information content (AvgIpc) is 2.32. The molecule has 0 spiro atoms. The first kappa shape index (κ1) is 21.7. The number of rotatable bonds is 10. The van der Waals surface area contributed by atoms with Crippen LogP contribution in [-0.2, 0) is 18.7 Å². The predicted octanol–water partition coefficient (Wildman–Crippen LogP) is -0.404. The van der Waals surface area contributed by atoms with Gasteiger partial charge in [0.25, 0.3) is 0 Å². The van der Waals surface area contributed by atoms with Gasteiger partial charge in [0.2, 0.25) is 0 Å². The maximum Gasteiger partial charge on any atom is 0.346 e. The third-order valence-electron chi connectivity index (χ3n) is 2.73. The molecule has 0 heterocycles. The summed E-state index contributed by atoms with van der Waals surface area (Å²) >= 11 is 0. The minimum Gasteiger partial charge on any atom is -0.481 e. The monoisotopic (exact) mass is 373 g/mol. The van der Waals surface area contributed by atoms with Gasteiger partial charge in [0.1, 0.15) is 17.6 Å². The Morgan fingerprint density at radius 3 is 1.48 bits per heavy atom. The maximum atomic E-state index is 11.5. The summed E-state index contributed by atoms with van der Waals surface area (Å²) in [4.78, 5) is 59.5. The van der Waals surface area contributed by atoms with Gasteiger partial charge in [-0.05, 0) is 0 Å². The number of aliphatic carboxylic acids is 2. The summed E-state index contributed by atoms with van der Waals surface area (Å²) in [6, 6.07) is -2.14. The lowest BCUT2D eigenvalue weighted by molar-refractivity contribution is -0.150. The van der Waals surface area contributed by atoms with E-state index in [-0.39, 0.29) is 4.90 Å². The lowest BCUT2D eigenvalue weighted by atomic mass is 10.1. The molecule has 3 unspecified atom stereocenters. The van der Waals surface area contributed by atoms with Crippen molar-refractivity contribution in [1.29, 1.82) is 0 Å². The van der Waals surface area contributed by atoms with E-state index in [0.717, 1.165) is 0 Å². The van der Waals surface area contributed by atoms with E-state index in [1.807, 2.05) is 0 Å². The van der Waals surface area contributed by atoms with E-state index in [9.17, 15) is 38.3 Å². The van der Waals surface area contributed by atoms with E-state index in [1.165, 1.54) is 0 Å². The molecule has 0 saturated carbocycles. The molecule has 0 aromatic rings. The third-order valence-corrected chi connectivity index (χ3v) is 5.07. The smallest absolute Gasteiger partial charge is 0.346 e. The summed E-state index contributed by atoms with van der Waals surface area (Å²) in [6.45, 7) is 6.21. The number of hydrogen-bond acceptors (Lipinski definition) is 5. The summed E-state index contributed by atoms with van der Waals surface area (Å²) in [7, 11) is -10.3. The largest absolute Gasteiger partial charge is 0.481 e. The van der Waals surface area contributed by atoms with Crippen LogP contribution in [0.25, 0.3) is 0 Å². The molecule has 132 valence electrons. The summed E-state index contributed by atoms with van der Waals surface area (Å²) in [5.74, 6) is -7.77. The van der Waals surface area contributed by atoms with Crippen molar-refractivity contribution >= 4 is 27.1 Å². The van der Waals surface area contributed by atoms with Crippen molar-refractivity contribution in [3.05, 3.63) is 25.3 Å².